The maximum Gasteiger partial charge on any atom is 0.252 e. The van der Waals surface area contributed by atoms with Crippen LogP contribution >= 0.6 is 0 Å². The molecule has 0 unspecified atom stereocenters. The first-order chi connectivity index (χ1) is 12.6. The second-order valence-corrected chi connectivity index (χ2v) is 6.45. The van der Waals surface area contributed by atoms with Crippen LogP contribution in [-0.4, -0.2) is 31.2 Å². The van der Waals surface area contributed by atoms with Gasteiger partial charge in [-0.25, -0.2) is 4.98 Å². The van der Waals surface area contributed by atoms with Gasteiger partial charge in [0.05, 0.1) is 16.8 Å². The molecule has 4 heteroatoms. The molecule has 1 heterocycles. The van der Waals surface area contributed by atoms with Gasteiger partial charge in [-0.05, 0) is 31.9 Å². The molecule has 0 aliphatic heterocycles. The van der Waals surface area contributed by atoms with Crippen LogP contribution in [0.3, 0.4) is 0 Å². The number of carbonyl (C=O) groups excluding carboxylic acids is 1. The Kier molecular flexibility index (Phi) is 5.64. The predicted octanol–water partition coefficient (Wildman–Crippen LogP) is 4.28. The molecule has 134 valence electrons. The number of aryl methyl sites for hydroxylation is 1. The summed E-state index contributed by atoms with van der Waals surface area (Å²) in [7, 11) is 1.66. The molecule has 0 fully saturated rings. The van der Waals surface area contributed by atoms with E-state index in [-0.39, 0.29) is 5.91 Å². The number of hydrogen-bond donors (Lipinski definition) is 1. The smallest absolute Gasteiger partial charge is 0.252 e. The number of carbonyl (C=O) groups is 1. The van der Waals surface area contributed by atoms with Gasteiger partial charge in [-0.2, -0.15) is 0 Å². The predicted molar refractivity (Wildman–Crippen MR) is 105 cm³/mol. The van der Waals surface area contributed by atoms with E-state index in [9.17, 15) is 4.79 Å². The Morgan fingerprint density at radius 2 is 1.81 bits per heavy atom. The highest BCUT2D eigenvalue weighted by Crippen LogP contribution is 2.29. The molecular weight excluding hydrogens is 324 g/mol. The summed E-state index contributed by atoms with van der Waals surface area (Å²) in [6, 6.07) is 16.0. The lowest BCUT2D eigenvalue weighted by Gasteiger charge is -2.15. The maximum atomic E-state index is 12.9. The molecule has 26 heavy (non-hydrogen) atoms. The minimum Gasteiger partial charge on any atom is -0.385 e. The normalized spacial score (nSPS) is 10.9. The van der Waals surface area contributed by atoms with Crippen molar-refractivity contribution < 1.29 is 9.53 Å². The molecular formula is C22H24N2O2. The van der Waals surface area contributed by atoms with Crippen LogP contribution in [0.5, 0.6) is 0 Å². The molecule has 0 aliphatic rings. The van der Waals surface area contributed by atoms with Gasteiger partial charge < -0.3 is 10.1 Å². The Bertz CT molecular complexity index is 917. The summed E-state index contributed by atoms with van der Waals surface area (Å²) in [6.07, 6.45) is 0.787. The van der Waals surface area contributed by atoms with Crippen molar-refractivity contribution in [3.05, 3.63) is 65.2 Å². The monoisotopic (exact) mass is 348 g/mol. The number of ether oxygens (including phenoxy) is 1. The molecule has 1 amide bonds. The highest BCUT2D eigenvalue weighted by molar-refractivity contribution is 6.08. The summed E-state index contributed by atoms with van der Waals surface area (Å²) >= 11 is 0. The van der Waals surface area contributed by atoms with Gasteiger partial charge in [0.25, 0.3) is 5.91 Å². The first-order valence-electron chi connectivity index (χ1n) is 8.85. The number of pyridine rings is 1. The fourth-order valence-electron chi connectivity index (χ4n) is 3.10. The van der Waals surface area contributed by atoms with E-state index in [1.54, 1.807) is 7.11 Å². The lowest BCUT2D eigenvalue weighted by Crippen LogP contribution is -2.26. The van der Waals surface area contributed by atoms with Crippen molar-refractivity contribution in [1.82, 2.24) is 10.3 Å². The number of fused-ring (bicyclic) bond motifs is 1. The van der Waals surface area contributed by atoms with Gasteiger partial charge in [0, 0.05) is 31.2 Å². The van der Waals surface area contributed by atoms with E-state index in [4.69, 9.17) is 9.72 Å². The van der Waals surface area contributed by atoms with Gasteiger partial charge in [-0.3, -0.25) is 4.79 Å². The summed E-state index contributed by atoms with van der Waals surface area (Å²) < 4.78 is 5.05. The van der Waals surface area contributed by atoms with E-state index in [2.05, 4.69) is 36.5 Å². The number of amides is 1. The standard InChI is InChI=1S/C22H24N2O2/c1-15-9-11-17(12-10-15)21-16(2)20(22(25)23-13-6-14-26-3)18-7-4-5-8-19(18)24-21/h4-5,7-12H,6,13-14H2,1-3H3,(H,23,25). The highest BCUT2D eigenvalue weighted by atomic mass is 16.5. The fraction of sp³-hybridized carbons (Fsp3) is 0.273. The van der Waals surface area contributed by atoms with E-state index in [0.29, 0.717) is 18.7 Å². The van der Waals surface area contributed by atoms with Crippen LogP contribution < -0.4 is 5.32 Å². The molecule has 1 N–H and O–H groups in total. The van der Waals surface area contributed by atoms with Gasteiger partial charge in [0.15, 0.2) is 0 Å². The third kappa shape index (κ3) is 3.75. The third-order valence-electron chi connectivity index (χ3n) is 4.50. The van der Waals surface area contributed by atoms with Crippen LogP contribution in [0, 0.1) is 13.8 Å². The second-order valence-electron chi connectivity index (χ2n) is 6.45. The number of rotatable bonds is 6. The molecule has 1 aromatic heterocycles. The van der Waals surface area contributed by atoms with E-state index in [1.807, 2.05) is 31.2 Å². The number of nitrogens with zero attached hydrogens (tertiary/aromatic N) is 1. The molecule has 3 rings (SSSR count). The molecule has 0 bridgehead atoms. The topological polar surface area (TPSA) is 51.2 Å². The van der Waals surface area contributed by atoms with Crippen molar-refractivity contribution in [3.8, 4) is 11.3 Å². The average molecular weight is 348 g/mol. The van der Waals surface area contributed by atoms with Gasteiger partial charge >= 0.3 is 0 Å². The minimum atomic E-state index is -0.0643. The van der Waals surface area contributed by atoms with Crippen LogP contribution in [-0.2, 0) is 4.74 Å². The number of para-hydroxylation sites is 1. The van der Waals surface area contributed by atoms with Crippen molar-refractivity contribution >= 4 is 16.8 Å². The van der Waals surface area contributed by atoms with Crippen LogP contribution in [0.1, 0.15) is 27.9 Å². The van der Waals surface area contributed by atoms with Crippen molar-refractivity contribution in [2.45, 2.75) is 20.3 Å². The quantitative estimate of drug-likeness (QED) is 0.676. The van der Waals surface area contributed by atoms with Crippen molar-refractivity contribution in [1.29, 1.82) is 0 Å². The largest absolute Gasteiger partial charge is 0.385 e. The van der Waals surface area contributed by atoms with Crippen molar-refractivity contribution in [3.63, 3.8) is 0 Å². The summed E-state index contributed by atoms with van der Waals surface area (Å²) in [5, 5.41) is 3.89. The van der Waals surface area contributed by atoms with Gasteiger partial charge in [0.1, 0.15) is 0 Å². The SMILES string of the molecule is COCCCNC(=O)c1c(C)c(-c2ccc(C)cc2)nc2ccccc12. The molecule has 4 nitrogen and oxygen atoms in total. The Morgan fingerprint density at radius 1 is 1.08 bits per heavy atom. The highest BCUT2D eigenvalue weighted by Gasteiger charge is 2.18. The molecule has 2 aromatic carbocycles. The number of hydrogen-bond acceptors (Lipinski definition) is 3. The van der Waals surface area contributed by atoms with Crippen LogP contribution in [0.15, 0.2) is 48.5 Å². The number of methoxy groups -OCH3 is 1. The molecule has 0 saturated carbocycles. The van der Waals surface area contributed by atoms with Gasteiger partial charge in [-0.1, -0.05) is 48.0 Å². The Balaban J connectivity index is 2.06. The second kappa shape index (κ2) is 8.11. The molecule has 0 aliphatic carbocycles. The Hall–Kier alpha value is -2.72. The number of nitrogens with one attached hydrogen (secondary N) is 1. The first kappa shape index (κ1) is 18.1. The van der Waals surface area contributed by atoms with E-state index in [0.717, 1.165) is 34.1 Å². The number of benzene rings is 2. The lowest BCUT2D eigenvalue weighted by atomic mass is 9.97. The number of aromatic nitrogens is 1. The zero-order chi connectivity index (χ0) is 18.5. The van der Waals surface area contributed by atoms with Gasteiger partial charge in [0.2, 0.25) is 0 Å². The Morgan fingerprint density at radius 3 is 2.54 bits per heavy atom. The van der Waals surface area contributed by atoms with E-state index < -0.39 is 0 Å². The first-order valence-corrected chi connectivity index (χ1v) is 8.85. The summed E-state index contributed by atoms with van der Waals surface area (Å²) in [5.74, 6) is -0.0643. The van der Waals surface area contributed by atoms with Gasteiger partial charge in [-0.15, -0.1) is 0 Å². The zero-order valence-electron chi connectivity index (χ0n) is 15.5. The summed E-state index contributed by atoms with van der Waals surface area (Å²) in [6.45, 7) is 5.25. The lowest BCUT2D eigenvalue weighted by molar-refractivity contribution is 0.0949. The third-order valence-corrected chi connectivity index (χ3v) is 4.50. The minimum absolute atomic E-state index is 0.0643. The van der Waals surface area contributed by atoms with Crippen molar-refractivity contribution in [2.75, 3.05) is 20.3 Å². The zero-order valence-corrected chi connectivity index (χ0v) is 15.5. The average Bonchev–Trinajstić information content (AvgIpc) is 2.65. The molecule has 0 saturated heterocycles. The molecule has 0 spiro atoms. The fourth-order valence-corrected chi connectivity index (χ4v) is 3.10. The molecule has 0 atom stereocenters. The van der Waals surface area contributed by atoms with Crippen LogP contribution in [0.2, 0.25) is 0 Å². The van der Waals surface area contributed by atoms with E-state index in [1.165, 1.54) is 5.56 Å². The summed E-state index contributed by atoms with van der Waals surface area (Å²) in [4.78, 5) is 17.7. The molecule has 3 aromatic rings. The molecule has 0 radical (unpaired) electrons. The summed E-state index contributed by atoms with van der Waals surface area (Å²) in [5.41, 5.74) is 5.50. The van der Waals surface area contributed by atoms with Crippen molar-refractivity contribution in [2.24, 2.45) is 0 Å². The Labute approximate surface area is 154 Å². The maximum absolute atomic E-state index is 12.9. The van der Waals surface area contributed by atoms with Crippen LogP contribution in [0.4, 0.5) is 0 Å². The van der Waals surface area contributed by atoms with Crippen LogP contribution in [0.25, 0.3) is 22.2 Å². The van der Waals surface area contributed by atoms with E-state index >= 15 is 0 Å².